The Labute approximate surface area is 138 Å². The number of nitrogens with one attached hydrogen (secondary N) is 1. The first-order valence-electron chi connectivity index (χ1n) is 7.69. The van der Waals surface area contributed by atoms with Gasteiger partial charge in [0.25, 0.3) is 0 Å². The van der Waals surface area contributed by atoms with Crippen LogP contribution >= 0.6 is 0 Å². The van der Waals surface area contributed by atoms with Gasteiger partial charge in [0.1, 0.15) is 5.58 Å². The first-order valence-corrected chi connectivity index (χ1v) is 7.69. The molecule has 0 fully saturated rings. The molecule has 4 heteroatoms. The van der Waals surface area contributed by atoms with Crippen LogP contribution < -0.4 is 5.63 Å². The molecule has 4 rings (SSSR count). The highest BCUT2D eigenvalue weighted by Gasteiger charge is 2.19. The second kappa shape index (κ2) is 5.39. The standard InChI is InChI=1S/C20H14N2O2/c1-12-6-8-13(9-7-12)18-15(10-11-21)17-19(22-18)14-4-2-3-5-16(14)24-20(17)23/h2-9,22H,10H2,1H3. The molecule has 0 aliphatic heterocycles. The zero-order valence-electron chi connectivity index (χ0n) is 13.1. The second-order valence-corrected chi connectivity index (χ2v) is 5.82. The summed E-state index contributed by atoms with van der Waals surface area (Å²) in [6.45, 7) is 2.02. The number of aromatic nitrogens is 1. The summed E-state index contributed by atoms with van der Waals surface area (Å²) in [5.74, 6) is 0. The number of H-pyrrole nitrogens is 1. The summed E-state index contributed by atoms with van der Waals surface area (Å²) in [6, 6.07) is 17.6. The average molecular weight is 314 g/mol. The number of hydrogen-bond donors (Lipinski definition) is 1. The molecule has 24 heavy (non-hydrogen) atoms. The fourth-order valence-corrected chi connectivity index (χ4v) is 3.10. The Morgan fingerprint density at radius 1 is 1.12 bits per heavy atom. The van der Waals surface area contributed by atoms with Gasteiger partial charge in [-0.25, -0.2) is 4.79 Å². The molecular weight excluding hydrogens is 300 g/mol. The van der Waals surface area contributed by atoms with Crippen molar-refractivity contribution in [1.29, 1.82) is 5.26 Å². The Morgan fingerprint density at radius 2 is 1.88 bits per heavy atom. The van der Waals surface area contributed by atoms with E-state index in [1.54, 1.807) is 6.07 Å². The summed E-state index contributed by atoms with van der Waals surface area (Å²) in [7, 11) is 0. The largest absolute Gasteiger partial charge is 0.422 e. The van der Waals surface area contributed by atoms with Gasteiger partial charge in [0.2, 0.25) is 0 Å². The summed E-state index contributed by atoms with van der Waals surface area (Å²) in [4.78, 5) is 15.8. The molecule has 0 spiro atoms. The topological polar surface area (TPSA) is 69.8 Å². The van der Waals surface area contributed by atoms with E-state index in [0.717, 1.165) is 27.7 Å². The van der Waals surface area contributed by atoms with Crippen molar-refractivity contribution in [2.75, 3.05) is 0 Å². The minimum absolute atomic E-state index is 0.145. The highest BCUT2D eigenvalue weighted by atomic mass is 16.4. The van der Waals surface area contributed by atoms with Crippen molar-refractivity contribution in [2.45, 2.75) is 13.3 Å². The summed E-state index contributed by atoms with van der Waals surface area (Å²) in [5, 5.41) is 10.5. The van der Waals surface area contributed by atoms with Crippen LogP contribution in [0.1, 0.15) is 11.1 Å². The van der Waals surface area contributed by atoms with Crippen LogP contribution in [0.25, 0.3) is 33.1 Å². The van der Waals surface area contributed by atoms with E-state index in [1.165, 1.54) is 0 Å². The Balaban J connectivity index is 2.14. The molecule has 0 saturated carbocycles. The van der Waals surface area contributed by atoms with Gasteiger partial charge in [-0.1, -0.05) is 42.0 Å². The first-order chi connectivity index (χ1) is 11.7. The van der Waals surface area contributed by atoms with Gasteiger partial charge < -0.3 is 9.40 Å². The van der Waals surface area contributed by atoms with E-state index in [-0.39, 0.29) is 6.42 Å². The smallest absolute Gasteiger partial charge is 0.346 e. The number of rotatable bonds is 2. The number of aryl methyl sites for hydroxylation is 1. The molecule has 0 atom stereocenters. The molecule has 116 valence electrons. The summed E-state index contributed by atoms with van der Waals surface area (Å²) < 4.78 is 5.45. The Kier molecular flexibility index (Phi) is 3.21. The molecule has 4 nitrogen and oxygen atoms in total. The van der Waals surface area contributed by atoms with Gasteiger partial charge in [0.05, 0.1) is 29.1 Å². The highest BCUT2D eigenvalue weighted by molar-refractivity contribution is 6.06. The number of nitriles is 1. The summed E-state index contributed by atoms with van der Waals surface area (Å²) >= 11 is 0. The van der Waals surface area contributed by atoms with E-state index >= 15 is 0 Å². The van der Waals surface area contributed by atoms with E-state index in [4.69, 9.17) is 4.42 Å². The Bertz CT molecular complexity index is 1160. The van der Waals surface area contributed by atoms with Crippen LogP contribution in [0.5, 0.6) is 0 Å². The van der Waals surface area contributed by atoms with Crippen molar-refractivity contribution in [3.8, 4) is 17.3 Å². The zero-order chi connectivity index (χ0) is 16.7. The van der Waals surface area contributed by atoms with E-state index in [1.807, 2.05) is 49.4 Å². The molecule has 0 bridgehead atoms. The van der Waals surface area contributed by atoms with Crippen LogP contribution in [0.4, 0.5) is 0 Å². The normalized spacial score (nSPS) is 11.0. The van der Waals surface area contributed by atoms with E-state index in [2.05, 4.69) is 11.1 Å². The van der Waals surface area contributed by atoms with Crippen molar-refractivity contribution in [3.63, 3.8) is 0 Å². The van der Waals surface area contributed by atoms with Gasteiger partial charge in [-0.15, -0.1) is 0 Å². The molecule has 2 heterocycles. The third kappa shape index (κ3) is 2.10. The van der Waals surface area contributed by atoms with Crippen LogP contribution in [0.15, 0.2) is 57.7 Å². The number of nitrogens with zero attached hydrogens (tertiary/aromatic N) is 1. The van der Waals surface area contributed by atoms with E-state index in [0.29, 0.717) is 16.5 Å². The van der Waals surface area contributed by atoms with Gasteiger partial charge in [0.15, 0.2) is 0 Å². The van der Waals surface area contributed by atoms with Gasteiger partial charge in [0, 0.05) is 10.9 Å². The molecule has 0 unspecified atom stereocenters. The average Bonchev–Trinajstić information content (AvgIpc) is 2.96. The monoisotopic (exact) mass is 314 g/mol. The van der Waals surface area contributed by atoms with Crippen molar-refractivity contribution < 1.29 is 4.42 Å². The molecule has 2 aromatic carbocycles. The van der Waals surface area contributed by atoms with Crippen LogP contribution in [0.2, 0.25) is 0 Å². The maximum absolute atomic E-state index is 12.5. The summed E-state index contributed by atoms with van der Waals surface area (Å²) in [5.41, 5.74) is 4.44. The van der Waals surface area contributed by atoms with Gasteiger partial charge in [-0.2, -0.15) is 5.26 Å². The maximum atomic E-state index is 12.5. The van der Waals surface area contributed by atoms with Crippen molar-refractivity contribution in [1.82, 2.24) is 4.98 Å². The molecule has 0 aliphatic rings. The Hall–Kier alpha value is -3.32. The van der Waals surface area contributed by atoms with Crippen LogP contribution in [0, 0.1) is 18.3 Å². The molecule has 2 aromatic heterocycles. The number of hydrogen-bond acceptors (Lipinski definition) is 3. The zero-order valence-corrected chi connectivity index (χ0v) is 13.1. The molecule has 0 radical (unpaired) electrons. The highest BCUT2D eigenvalue weighted by Crippen LogP contribution is 2.32. The lowest BCUT2D eigenvalue weighted by molar-refractivity contribution is 0.569. The van der Waals surface area contributed by atoms with Crippen LogP contribution in [0.3, 0.4) is 0 Å². The lowest BCUT2D eigenvalue weighted by Gasteiger charge is -2.02. The van der Waals surface area contributed by atoms with Crippen molar-refractivity contribution in [3.05, 3.63) is 70.1 Å². The van der Waals surface area contributed by atoms with E-state index < -0.39 is 5.63 Å². The minimum Gasteiger partial charge on any atom is -0.422 e. The number of aromatic amines is 1. The predicted molar refractivity (Wildman–Crippen MR) is 93.8 cm³/mol. The first kappa shape index (κ1) is 14.3. The van der Waals surface area contributed by atoms with Gasteiger partial charge in [-0.05, 0) is 24.6 Å². The molecule has 0 amide bonds. The van der Waals surface area contributed by atoms with Gasteiger partial charge in [-0.3, -0.25) is 0 Å². The number of fused-ring (bicyclic) bond motifs is 3. The quantitative estimate of drug-likeness (QED) is 0.560. The molecule has 0 saturated heterocycles. The van der Waals surface area contributed by atoms with Crippen LogP contribution in [-0.2, 0) is 6.42 Å². The third-order valence-electron chi connectivity index (χ3n) is 4.26. The minimum atomic E-state index is -0.413. The fraction of sp³-hybridized carbons (Fsp3) is 0.100. The van der Waals surface area contributed by atoms with E-state index in [9.17, 15) is 10.1 Å². The number of benzene rings is 2. The van der Waals surface area contributed by atoms with Crippen LogP contribution in [-0.4, -0.2) is 4.98 Å². The Morgan fingerprint density at radius 3 is 2.62 bits per heavy atom. The molecule has 0 aliphatic carbocycles. The predicted octanol–water partition coefficient (Wildman–Crippen LogP) is 4.32. The third-order valence-corrected chi connectivity index (χ3v) is 4.26. The number of para-hydroxylation sites is 1. The molecule has 4 aromatic rings. The fourth-order valence-electron chi connectivity index (χ4n) is 3.10. The lowest BCUT2D eigenvalue weighted by Crippen LogP contribution is -2.01. The SMILES string of the molecule is Cc1ccc(-c2[nH]c3c(c2CC#N)c(=O)oc2ccccc23)cc1. The molecule has 1 N–H and O–H groups in total. The van der Waals surface area contributed by atoms with Crippen molar-refractivity contribution in [2.24, 2.45) is 0 Å². The van der Waals surface area contributed by atoms with Crippen molar-refractivity contribution >= 4 is 21.9 Å². The second-order valence-electron chi connectivity index (χ2n) is 5.82. The lowest BCUT2D eigenvalue weighted by atomic mass is 10.0. The van der Waals surface area contributed by atoms with Gasteiger partial charge >= 0.3 is 5.63 Å². The molecular formula is C20H14N2O2. The summed E-state index contributed by atoms with van der Waals surface area (Å²) in [6.07, 6.45) is 0.145. The maximum Gasteiger partial charge on any atom is 0.346 e.